The fourth-order valence-electron chi connectivity index (χ4n) is 1.66. The molecule has 0 aromatic heterocycles. The standard InChI is InChI=1S/C10H15ClF3NO2/c1-15(4-7-2-8(11)3-7)9(16)5-17-6-10(12,13)14/h7-8H,2-6H2,1H3. The predicted molar refractivity (Wildman–Crippen MR) is 56.9 cm³/mol. The van der Waals surface area contributed by atoms with E-state index >= 15 is 0 Å². The van der Waals surface area contributed by atoms with E-state index in [9.17, 15) is 18.0 Å². The van der Waals surface area contributed by atoms with Gasteiger partial charge >= 0.3 is 6.18 Å². The maximum atomic E-state index is 11.8. The smallest absolute Gasteiger partial charge is 0.362 e. The molecule has 1 rings (SSSR count). The second-order valence-electron chi connectivity index (χ2n) is 4.32. The molecular weight excluding hydrogens is 259 g/mol. The molecule has 0 radical (unpaired) electrons. The second-order valence-corrected chi connectivity index (χ2v) is 4.93. The summed E-state index contributed by atoms with van der Waals surface area (Å²) in [5, 5.41) is 0.171. The highest BCUT2D eigenvalue weighted by atomic mass is 35.5. The molecule has 1 fully saturated rings. The summed E-state index contributed by atoms with van der Waals surface area (Å²) in [6.45, 7) is -1.40. The third-order valence-electron chi connectivity index (χ3n) is 2.63. The molecule has 0 heterocycles. The van der Waals surface area contributed by atoms with Gasteiger partial charge in [-0.25, -0.2) is 0 Å². The van der Waals surface area contributed by atoms with Crippen molar-refractivity contribution >= 4 is 17.5 Å². The molecule has 0 aromatic carbocycles. The van der Waals surface area contributed by atoms with Gasteiger partial charge in [0.2, 0.25) is 5.91 Å². The summed E-state index contributed by atoms with van der Waals surface area (Å²) < 4.78 is 39.6. The van der Waals surface area contributed by atoms with Gasteiger partial charge in [-0.1, -0.05) is 0 Å². The molecule has 0 saturated heterocycles. The first kappa shape index (κ1) is 14.6. The first-order chi connectivity index (χ1) is 7.78. The van der Waals surface area contributed by atoms with Crippen LogP contribution in [0, 0.1) is 5.92 Å². The Balaban J connectivity index is 2.14. The Labute approximate surface area is 103 Å². The normalized spacial score (nSPS) is 24.3. The first-order valence-electron chi connectivity index (χ1n) is 5.30. The Hall–Kier alpha value is -0.490. The van der Waals surface area contributed by atoms with Crippen molar-refractivity contribution in [2.24, 2.45) is 5.92 Å². The Morgan fingerprint density at radius 2 is 2.06 bits per heavy atom. The molecule has 0 N–H and O–H groups in total. The van der Waals surface area contributed by atoms with Gasteiger partial charge in [0.05, 0.1) is 0 Å². The molecule has 0 aliphatic heterocycles. The molecule has 3 nitrogen and oxygen atoms in total. The lowest BCUT2D eigenvalue weighted by Crippen LogP contribution is -2.39. The highest BCUT2D eigenvalue weighted by Crippen LogP contribution is 2.32. The van der Waals surface area contributed by atoms with Crippen molar-refractivity contribution in [3.8, 4) is 0 Å². The third kappa shape index (κ3) is 5.59. The van der Waals surface area contributed by atoms with Gasteiger partial charge in [0, 0.05) is 19.0 Å². The van der Waals surface area contributed by atoms with Crippen molar-refractivity contribution < 1.29 is 22.7 Å². The molecule has 0 spiro atoms. The topological polar surface area (TPSA) is 29.5 Å². The molecular formula is C10H15ClF3NO2. The van der Waals surface area contributed by atoms with Gasteiger partial charge in [0.25, 0.3) is 0 Å². The molecule has 0 aromatic rings. The lowest BCUT2D eigenvalue weighted by atomic mass is 9.84. The van der Waals surface area contributed by atoms with Crippen LogP contribution in [0.1, 0.15) is 12.8 Å². The van der Waals surface area contributed by atoms with Crippen LogP contribution in [0.5, 0.6) is 0 Å². The minimum atomic E-state index is -4.39. The molecule has 1 amide bonds. The quantitative estimate of drug-likeness (QED) is 0.718. The van der Waals surface area contributed by atoms with Crippen LogP contribution in [-0.4, -0.2) is 49.2 Å². The van der Waals surface area contributed by atoms with Crippen molar-refractivity contribution in [2.75, 3.05) is 26.8 Å². The Morgan fingerprint density at radius 3 is 2.53 bits per heavy atom. The van der Waals surface area contributed by atoms with Crippen LogP contribution in [0.15, 0.2) is 0 Å². The van der Waals surface area contributed by atoms with Gasteiger partial charge in [0.1, 0.15) is 13.2 Å². The van der Waals surface area contributed by atoms with Gasteiger partial charge in [-0.2, -0.15) is 13.2 Å². The largest absolute Gasteiger partial charge is 0.411 e. The summed E-state index contributed by atoms with van der Waals surface area (Å²) >= 11 is 5.79. The SMILES string of the molecule is CN(CC1CC(Cl)C1)C(=O)COCC(F)(F)F. The van der Waals surface area contributed by atoms with E-state index in [0.29, 0.717) is 12.5 Å². The highest BCUT2D eigenvalue weighted by molar-refractivity contribution is 6.21. The van der Waals surface area contributed by atoms with Crippen molar-refractivity contribution in [2.45, 2.75) is 24.4 Å². The molecule has 0 bridgehead atoms. The minimum Gasteiger partial charge on any atom is -0.362 e. The number of ether oxygens (including phenoxy) is 1. The number of likely N-dealkylation sites (N-methyl/N-ethyl adjacent to an activating group) is 1. The zero-order valence-corrected chi connectivity index (χ0v) is 10.2. The fraction of sp³-hybridized carbons (Fsp3) is 0.900. The average Bonchev–Trinajstić information content (AvgIpc) is 2.13. The van der Waals surface area contributed by atoms with Crippen molar-refractivity contribution in [3.63, 3.8) is 0 Å². The number of hydrogen-bond donors (Lipinski definition) is 0. The van der Waals surface area contributed by atoms with Crippen LogP contribution in [0.4, 0.5) is 13.2 Å². The zero-order chi connectivity index (χ0) is 13.1. The number of nitrogens with zero attached hydrogens (tertiary/aromatic N) is 1. The van der Waals surface area contributed by atoms with Gasteiger partial charge in [0.15, 0.2) is 0 Å². The molecule has 1 saturated carbocycles. The van der Waals surface area contributed by atoms with E-state index in [1.165, 1.54) is 4.90 Å². The maximum absolute atomic E-state index is 11.8. The van der Waals surface area contributed by atoms with Crippen molar-refractivity contribution in [1.82, 2.24) is 4.90 Å². The number of amides is 1. The molecule has 0 atom stereocenters. The molecule has 17 heavy (non-hydrogen) atoms. The average molecular weight is 274 g/mol. The lowest BCUT2D eigenvalue weighted by molar-refractivity contribution is -0.177. The number of rotatable bonds is 5. The number of hydrogen-bond acceptors (Lipinski definition) is 2. The second kappa shape index (κ2) is 5.91. The zero-order valence-electron chi connectivity index (χ0n) is 9.47. The van der Waals surface area contributed by atoms with E-state index in [4.69, 9.17) is 11.6 Å². The van der Waals surface area contributed by atoms with E-state index < -0.39 is 25.3 Å². The highest BCUT2D eigenvalue weighted by Gasteiger charge is 2.30. The summed E-state index contributed by atoms with van der Waals surface area (Å²) in [6, 6.07) is 0. The number of halogens is 4. The van der Waals surface area contributed by atoms with Crippen LogP contribution in [0.25, 0.3) is 0 Å². The van der Waals surface area contributed by atoms with E-state index in [1.54, 1.807) is 7.05 Å². The lowest BCUT2D eigenvalue weighted by Gasteiger charge is -2.34. The predicted octanol–water partition coefficient (Wildman–Crippen LogP) is 2.04. The fourth-order valence-corrected chi connectivity index (χ4v) is 2.16. The van der Waals surface area contributed by atoms with E-state index in [0.717, 1.165) is 12.8 Å². The summed E-state index contributed by atoms with van der Waals surface area (Å²) in [5.74, 6) is -0.0821. The van der Waals surface area contributed by atoms with Crippen molar-refractivity contribution in [3.05, 3.63) is 0 Å². The molecule has 1 aliphatic rings. The van der Waals surface area contributed by atoms with E-state index in [2.05, 4.69) is 4.74 Å². The Bertz CT molecular complexity index is 267. The van der Waals surface area contributed by atoms with Gasteiger partial charge in [-0.15, -0.1) is 11.6 Å². The van der Waals surface area contributed by atoms with Crippen molar-refractivity contribution in [1.29, 1.82) is 0 Å². The molecule has 100 valence electrons. The van der Waals surface area contributed by atoms with E-state index in [1.807, 2.05) is 0 Å². The first-order valence-corrected chi connectivity index (χ1v) is 5.74. The summed E-state index contributed by atoms with van der Waals surface area (Å²) in [7, 11) is 1.56. The number of carbonyl (C=O) groups is 1. The monoisotopic (exact) mass is 273 g/mol. The number of alkyl halides is 4. The summed E-state index contributed by atoms with van der Waals surface area (Å²) in [4.78, 5) is 12.8. The third-order valence-corrected chi connectivity index (χ3v) is 2.98. The van der Waals surface area contributed by atoms with Crippen LogP contribution < -0.4 is 0 Å². The molecule has 1 aliphatic carbocycles. The van der Waals surface area contributed by atoms with Gasteiger partial charge in [-0.3, -0.25) is 4.79 Å². The summed E-state index contributed by atoms with van der Waals surface area (Å²) in [6.07, 6.45) is -2.69. The van der Waals surface area contributed by atoms with Crippen LogP contribution in [0.2, 0.25) is 0 Å². The van der Waals surface area contributed by atoms with Crippen LogP contribution >= 0.6 is 11.6 Å². The number of carbonyl (C=O) groups excluding carboxylic acids is 1. The van der Waals surface area contributed by atoms with Crippen LogP contribution in [-0.2, 0) is 9.53 Å². The summed E-state index contributed by atoms with van der Waals surface area (Å²) in [5.41, 5.74) is 0. The molecule has 0 unspecified atom stereocenters. The van der Waals surface area contributed by atoms with Gasteiger partial charge in [-0.05, 0) is 18.8 Å². The van der Waals surface area contributed by atoms with Gasteiger partial charge < -0.3 is 9.64 Å². The Morgan fingerprint density at radius 1 is 1.47 bits per heavy atom. The minimum absolute atomic E-state index is 0.171. The Kier molecular flexibility index (Phi) is 5.06. The molecule has 7 heteroatoms. The van der Waals surface area contributed by atoms with Crippen LogP contribution in [0.3, 0.4) is 0 Å². The van der Waals surface area contributed by atoms with E-state index in [-0.39, 0.29) is 5.38 Å². The maximum Gasteiger partial charge on any atom is 0.411 e.